The molecule has 4 aromatic rings. The van der Waals surface area contributed by atoms with Gasteiger partial charge in [-0.05, 0) is 47.7 Å². The van der Waals surface area contributed by atoms with Crippen LogP contribution >= 0.6 is 0 Å². The predicted molar refractivity (Wildman–Crippen MR) is 102 cm³/mol. The summed E-state index contributed by atoms with van der Waals surface area (Å²) in [5, 5.41) is 5.26. The van der Waals surface area contributed by atoms with Crippen molar-refractivity contribution < 1.29 is 4.57 Å². The molecule has 0 spiro atoms. The first-order chi connectivity index (χ1) is 11.6. The molecule has 0 aliphatic rings. The highest BCUT2D eigenvalue weighted by Gasteiger charge is 2.22. The van der Waals surface area contributed by atoms with Crippen LogP contribution in [0.4, 0.5) is 0 Å². The fraction of sp³-hybridized carbons (Fsp3) is 0.174. The number of pyridine rings is 1. The first kappa shape index (κ1) is 14.9. The third-order valence-electron chi connectivity index (χ3n) is 5.32. The Bertz CT molecular complexity index is 1090. The number of hydrogen-bond donors (Lipinski definition) is 0. The van der Waals surface area contributed by atoms with Gasteiger partial charge >= 0.3 is 0 Å². The van der Waals surface area contributed by atoms with E-state index in [0.29, 0.717) is 0 Å². The standard InChI is InChI=1S/C23H22N/c1-15-13-18-9-5-6-10-19(18)14-22(15)23-21-12-8-7-11-20(21)16(2)17(3)24(23)4/h5-14H,1-4H3/q+1. The number of rotatable bonds is 1. The molecule has 4 rings (SSSR count). The SMILES string of the molecule is Cc1cc2ccccc2cc1-c1c2ccccc2c(C)c(C)[n+]1C. The molecule has 0 saturated carbocycles. The number of hydrogen-bond acceptors (Lipinski definition) is 0. The van der Waals surface area contributed by atoms with E-state index in [4.69, 9.17) is 0 Å². The van der Waals surface area contributed by atoms with E-state index in [9.17, 15) is 0 Å². The summed E-state index contributed by atoms with van der Waals surface area (Å²) >= 11 is 0. The van der Waals surface area contributed by atoms with Crippen LogP contribution in [0.2, 0.25) is 0 Å². The second-order valence-corrected chi connectivity index (χ2v) is 6.68. The highest BCUT2D eigenvalue weighted by atomic mass is 14.9. The lowest BCUT2D eigenvalue weighted by atomic mass is 9.94. The minimum absolute atomic E-state index is 1.29. The zero-order valence-electron chi connectivity index (χ0n) is 14.7. The molecule has 24 heavy (non-hydrogen) atoms. The Morgan fingerprint density at radius 2 is 1.29 bits per heavy atom. The zero-order chi connectivity index (χ0) is 16.8. The summed E-state index contributed by atoms with van der Waals surface area (Å²) in [5.41, 5.74) is 6.61. The Morgan fingerprint density at radius 3 is 2.00 bits per heavy atom. The molecule has 0 bridgehead atoms. The van der Waals surface area contributed by atoms with Crippen molar-refractivity contribution in [2.45, 2.75) is 20.8 Å². The van der Waals surface area contributed by atoms with Gasteiger partial charge in [-0.15, -0.1) is 0 Å². The van der Waals surface area contributed by atoms with Gasteiger partial charge in [0, 0.05) is 12.5 Å². The van der Waals surface area contributed by atoms with Crippen LogP contribution in [0, 0.1) is 20.8 Å². The predicted octanol–water partition coefficient (Wildman–Crippen LogP) is 5.41. The van der Waals surface area contributed by atoms with Crippen molar-refractivity contribution in [1.29, 1.82) is 0 Å². The molecule has 1 aromatic heterocycles. The van der Waals surface area contributed by atoms with Crippen LogP contribution in [0.5, 0.6) is 0 Å². The van der Waals surface area contributed by atoms with Gasteiger partial charge in [0.25, 0.3) is 0 Å². The number of aryl methyl sites for hydroxylation is 2. The van der Waals surface area contributed by atoms with E-state index in [1.165, 1.54) is 49.6 Å². The largest absolute Gasteiger partial charge is 0.220 e. The molecule has 0 atom stereocenters. The van der Waals surface area contributed by atoms with Crippen molar-refractivity contribution in [3.63, 3.8) is 0 Å². The summed E-state index contributed by atoms with van der Waals surface area (Å²) in [4.78, 5) is 0. The van der Waals surface area contributed by atoms with Crippen molar-refractivity contribution >= 4 is 21.5 Å². The molecule has 1 heteroatoms. The van der Waals surface area contributed by atoms with Crippen LogP contribution < -0.4 is 4.57 Å². The molecule has 118 valence electrons. The Balaban J connectivity index is 2.16. The molecule has 1 heterocycles. The van der Waals surface area contributed by atoms with Gasteiger partial charge < -0.3 is 0 Å². The van der Waals surface area contributed by atoms with Gasteiger partial charge in [-0.2, -0.15) is 4.57 Å². The first-order valence-corrected chi connectivity index (χ1v) is 8.45. The van der Waals surface area contributed by atoms with Crippen molar-refractivity contribution in [2.24, 2.45) is 7.05 Å². The Labute approximate surface area is 143 Å². The fourth-order valence-corrected chi connectivity index (χ4v) is 3.75. The van der Waals surface area contributed by atoms with E-state index < -0.39 is 0 Å². The summed E-state index contributed by atoms with van der Waals surface area (Å²) < 4.78 is 2.34. The quantitative estimate of drug-likeness (QED) is 0.414. The number of nitrogens with zero attached hydrogens (tertiary/aromatic N) is 1. The Hall–Kier alpha value is -2.67. The molecule has 0 N–H and O–H groups in total. The maximum Gasteiger partial charge on any atom is 0.220 e. The Kier molecular flexibility index (Phi) is 3.38. The van der Waals surface area contributed by atoms with Crippen LogP contribution in [0.15, 0.2) is 60.7 Å². The van der Waals surface area contributed by atoms with Crippen molar-refractivity contribution in [2.75, 3.05) is 0 Å². The summed E-state index contributed by atoms with van der Waals surface area (Å²) in [6.45, 7) is 6.64. The first-order valence-electron chi connectivity index (χ1n) is 8.45. The van der Waals surface area contributed by atoms with Gasteiger partial charge in [0.2, 0.25) is 5.69 Å². The molecule has 0 radical (unpaired) electrons. The molecule has 0 saturated heterocycles. The molecular formula is C23H22N+. The maximum absolute atomic E-state index is 2.34. The summed E-state index contributed by atoms with van der Waals surface area (Å²) in [6.07, 6.45) is 0. The topological polar surface area (TPSA) is 3.88 Å². The summed E-state index contributed by atoms with van der Waals surface area (Å²) in [7, 11) is 2.18. The van der Waals surface area contributed by atoms with Gasteiger partial charge in [-0.25, -0.2) is 0 Å². The summed E-state index contributed by atoms with van der Waals surface area (Å²) in [5.74, 6) is 0. The van der Waals surface area contributed by atoms with Gasteiger partial charge in [0.1, 0.15) is 7.05 Å². The molecule has 0 fully saturated rings. The van der Waals surface area contributed by atoms with Crippen LogP contribution in [0.3, 0.4) is 0 Å². The van der Waals surface area contributed by atoms with Gasteiger partial charge in [0.15, 0.2) is 5.69 Å². The average Bonchev–Trinajstić information content (AvgIpc) is 2.60. The number of benzene rings is 3. The van der Waals surface area contributed by atoms with E-state index in [2.05, 4.69) is 93.0 Å². The van der Waals surface area contributed by atoms with E-state index >= 15 is 0 Å². The van der Waals surface area contributed by atoms with E-state index in [0.717, 1.165) is 0 Å². The Morgan fingerprint density at radius 1 is 0.708 bits per heavy atom. The van der Waals surface area contributed by atoms with Crippen molar-refractivity contribution in [3.8, 4) is 11.3 Å². The minimum Gasteiger partial charge on any atom is -0.198 e. The second kappa shape index (κ2) is 5.45. The van der Waals surface area contributed by atoms with E-state index in [1.807, 2.05) is 0 Å². The fourth-order valence-electron chi connectivity index (χ4n) is 3.75. The average molecular weight is 312 g/mol. The minimum atomic E-state index is 1.29. The lowest BCUT2D eigenvalue weighted by Crippen LogP contribution is -2.36. The second-order valence-electron chi connectivity index (χ2n) is 6.68. The van der Waals surface area contributed by atoms with Crippen LogP contribution in [-0.4, -0.2) is 0 Å². The lowest BCUT2D eigenvalue weighted by molar-refractivity contribution is -0.665. The van der Waals surface area contributed by atoms with Crippen LogP contribution in [-0.2, 0) is 7.05 Å². The monoisotopic (exact) mass is 312 g/mol. The zero-order valence-corrected chi connectivity index (χ0v) is 14.7. The van der Waals surface area contributed by atoms with Gasteiger partial charge in [-0.1, -0.05) is 48.5 Å². The van der Waals surface area contributed by atoms with E-state index in [1.54, 1.807) is 0 Å². The highest BCUT2D eigenvalue weighted by molar-refractivity contribution is 5.98. The molecule has 3 aromatic carbocycles. The van der Waals surface area contributed by atoms with Crippen molar-refractivity contribution in [1.82, 2.24) is 0 Å². The summed E-state index contributed by atoms with van der Waals surface area (Å²) in [6, 6.07) is 22.0. The number of aromatic nitrogens is 1. The molecular weight excluding hydrogens is 290 g/mol. The molecule has 0 amide bonds. The smallest absolute Gasteiger partial charge is 0.198 e. The maximum atomic E-state index is 2.34. The molecule has 0 unspecified atom stereocenters. The number of fused-ring (bicyclic) bond motifs is 2. The van der Waals surface area contributed by atoms with Crippen molar-refractivity contribution in [3.05, 3.63) is 77.5 Å². The normalized spacial score (nSPS) is 11.3. The van der Waals surface area contributed by atoms with Crippen LogP contribution in [0.1, 0.15) is 16.8 Å². The molecule has 0 aliphatic carbocycles. The third-order valence-corrected chi connectivity index (χ3v) is 5.32. The lowest BCUT2D eigenvalue weighted by Gasteiger charge is -2.13. The highest BCUT2D eigenvalue weighted by Crippen LogP contribution is 2.33. The van der Waals surface area contributed by atoms with E-state index in [-0.39, 0.29) is 0 Å². The molecule has 1 nitrogen and oxygen atoms in total. The molecule has 0 aliphatic heterocycles. The third kappa shape index (κ3) is 2.12. The van der Waals surface area contributed by atoms with Gasteiger partial charge in [-0.3, -0.25) is 0 Å². The van der Waals surface area contributed by atoms with Crippen LogP contribution in [0.25, 0.3) is 32.8 Å². The van der Waals surface area contributed by atoms with Gasteiger partial charge in [0.05, 0.1) is 10.9 Å².